The van der Waals surface area contributed by atoms with Gasteiger partial charge in [-0.1, -0.05) is 0 Å². The van der Waals surface area contributed by atoms with Gasteiger partial charge in [0.1, 0.15) is 24.7 Å². The number of hydrogen-bond donors (Lipinski definition) is 0. The summed E-state index contributed by atoms with van der Waals surface area (Å²) in [4.78, 5) is 14.5. The normalized spacial score (nSPS) is 16.6. The monoisotopic (exact) mass is 474 g/mol. The Morgan fingerprint density at radius 1 is 0.939 bits per heavy atom. The van der Waals surface area contributed by atoms with E-state index in [0.717, 1.165) is 0 Å². The minimum atomic E-state index is -3.71. The van der Waals surface area contributed by atoms with Crippen molar-refractivity contribution in [2.24, 2.45) is 0 Å². The van der Waals surface area contributed by atoms with Crippen LogP contribution in [0.1, 0.15) is 5.56 Å². The summed E-state index contributed by atoms with van der Waals surface area (Å²) in [5.74, 6) is 2.04. The van der Waals surface area contributed by atoms with E-state index in [1.165, 1.54) is 22.5 Å². The standard InChI is InChI=1S/C23H26N2O7S/c1-29-18-4-6-20(30-2)17(15-18)3-8-23(26)24-9-11-25(12-10-24)33(27,28)19-5-7-21-22(16-19)32-14-13-31-21/h3-8,15-16H,9-14H2,1-2H3/b8-3+. The number of carbonyl (C=O) groups excluding carboxylic acids is 1. The quantitative estimate of drug-likeness (QED) is 0.591. The van der Waals surface area contributed by atoms with Crippen molar-refractivity contribution in [2.75, 3.05) is 53.6 Å². The van der Waals surface area contributed by atoms with Gasteiger partial charge in [0.25, 0.3) is 0 Å². The zero-order valence-corrected chi connectivity index (χ0v) is 19.3. The summed E-state index contributed by atoms with van der Waals surface area (Å²) in [6, 6.07) is 9.94. The maximum absolute atomic E-state index is 13.1. The third-order valence-corrected chi connectivity index (χ3v) is 7.44. The van der Waals surface area contributed by atoms with E-state index >= 15 is 0 Å². The van der Waals surface area contributed by atoms with Crippen LogP contribution in [0, 0.1) is 0 Å². The molecular weight excluding hydrogens is 448 g/mol. The number of hydrogen-bond acceptors (Lipinski definition) is 7. The molecule has 2 aliphatic heterocycles. The Hall–Kier alpha value is -3.24. The Balaban J connectivity index is 1.40. The number of amides is 1. The molecule has 0 aromatic heterocycles. The molecule has 0 saturated carbocycles. The first-order valence-corrected chi connectivity index (χ1v) is 11.9. The minimum absolute atomic E-state index is 0.150. The van der Waals surface area contributed by atoms with Crippen LogP contribution >= 0.6 is 0 Å². The Morgan fingerprint density at radius 3 is 2.36 bits per heavy atom. The molecule has 0 unspecified atom stereocenters. The van der Waals surface area contributed by atoms with Gasteiger partial charge < -0.3 is 23.8 Å². The molecule has 1 fully saturated rings. The first-order valence-electron chi connectivity index (χ1n) is 10.5. The molecule has 0 atom stereocenters. The SMILES string of the molecule is COc1ccc(OC)c(/C=C/C(=O)N2CCN(S(=O)(=O)c3ccc4c(c3)OCCO4)CC2)c1. The van der Waals surface area contributed by atoms with E-state index in [1.807, 2.05) is 0 Å². The van der Waals surface area contributed by atoms with Crippen molar-refractivity contribution in [1.29, 1.82) is 0 Å². The average molecular weight is 475 g/mol. The van der Waals surface area contributed by atoms with E-state index in [1.54, 1.807) is 49.5 Å². The molecule has 2 aliphatic rings. The molecule has 0 aliphatic carbocycles. The van der Waals surface area contributed by atoms with E-state index in [4.69, 9.17) is 18.9 Å². The van der Waals surface area contributed by atoms with Crippen LogP contribution in [-0.4, -0.2) is 77.1 Å². The highest BCUT2D eigenvalue weighted by Crippen LogP contribution is 2.33. The second-order valence-corrected chi connectivity index (χ2v) is 9.41. The lowest BCUT2D eigenvalue weighted by Gasteiger charge is -2.33. The zero-order valence-electron chi connectivity index (χ0n) is 18.5. The lowest BCUT2D eigenvalue weighted by atomic mass is 10.1. The highest BCUT2D eigenvalue weighted by atomic mass is 32.2. The molecule has 9 nitrogen and oxygen atoms in total. The molecule has 2 aromatic carbocycles. The van der Waals surface area contributed by atoms with Crippen LogP contribution in [0.5, 0.6) is 23.0 Å². The maximum atomic E-state index is 13.1. The predicted octanol–water partition coefficient (Wildman–Crippen LogP) is 2.02. The van der Waals surface area contributed by atoms with Gasteiger partial charge in [0.05, 0.1) is 19.1 Å². The van der Waals surface area contributed by atoms with Gasteiger partial charge >= 0.3 is 0 Å². The highest BCUT2D eigenvalue weighted by Gasteiger charge is 2.30. The number of piperazine rings is 1. The van der Waals surface area contributed by atoms with E-state index in [-0.39, 0.29) is 23.9 Å². The van der Waals surface area contributed by atoms with Gasteiger partial charge in [0, 0.05) is 43.9 Å². The number of rotatable bonds is 6. The fourth-order valence-corrected chi connectivity index (χ4v) is 5.16. The molecule has 2 aromatic rings. The Labute approximate surface area is 193 Å². The Bertz CT molecular complexity index is 1160. The van der Waals surface area contributed by atoms with Gasteiger partial charge in [-0.05, 0) is 36.4 Å². The van der Waals surface area contributed by atoms with E-state index in [2.05, 4.69) is 0 Å². The molecule has 0 N–H and O–H groups in total. The fourth-order valence-electron chi connectivity index (χ4n) is 3.72. The fraction of sp³-hybridized carbons (Fsp3) is 0.348. The van der Waals surface area contributed by atoms with Crippen LogP contribution in [0.2, 0.25) is 0 Å². The van der Waals surface area contributed by atoms with Crippen molar-refractivity contribution in [3.63, 3.8) is 0 Å². The number of nitrogens with zero attached hydrogens (tertiary/aromatic N) is 2. The van der Waals surface area contributed by atoms with Crippen molar-refractivity contribution in [1.82, 2.24) is 9.21 Å². The van der Waals surface area contributed by atoms with Crippen molar-refractivity contribution in [3.05, 3.63) is 48.0 Å². The summed E-state index contributed by atoms with van der Waals surface area (Å²) in [6.07, 6.45) is 3.13. The van der Waals surface area contributed by atoms with Crippen LogP contribution in [0.25, 0.3) is 6.08 Å². The second-order valence-electron chi connectivity index (χ2n) is 7.48. The van der Waals surface area contributed by atoms with Crippen molar-refractivity contribution in [2.45, 2.75) is 4.90 Å². The van der Waals surface area contributed by atoms with E-state index in [9.17, 15) is 13.2 Å². The minimum Gasteiger partial charge on any atom is -0.497 e. The molecule has 0 radical (unpaired) electrons. The Morgan fingerprint density at radius 2 is 1.67 bits per heavy atom. The van der Waals surface area contributed by atoms with Gasteiger partial charge in [0.2, 0.25) is 15.9 Å². The molecule has 176 valence electrons. The van der Waals surface area contributed by atoms with Crippen molar-refractivity contribution < 1.29 is 32.2 Å². The van der Waals surface area contributed by atoms with Crippen LogP contribution in [0.4, 0.5) is 0 Å². The molecule has 10 heteroatoms. The van der Waals surface area contributed by atoms with Gasteiger partial charge in [-0.3, -0.25) is 4.79 Å². The molecule has 2 heterocycles. The molecule has 4 rings (SSSR count). The number of methoxy groups -OCH3 is 2. The number of ether oxygens (including phenoxy) is 4. The van der Waals surface area contributed by atoms with Gasteiger partial charge in [-0.2, -0.15) is 4.31 Å². The molecule has 0 spiro atoms. The van der Waals surface area contributed by atoms with Gasteiger partial charge in [0.15, 0.2) is 11.5 Å². The van der Waals surface area contributed by atoms with Crippen molar-refractivity contribution in [3.8, 4) is 23.0 Å². The number of sulfonamides is 1. The lowest BCUT2D eigenvalue weighted by molar-refractivity contribution is -0.127. The van der Waals surface area contributed by atoms with Gasteiger partial charge in [-0.15, -0.1) is 0 Å². The lowest BCUT2D eigenvalue weighted by Crippen LogP contribution is -2.50. The smallest absolute Gasteiger partial charge is 0.246 e. The second kappa shape index (κ2) is 9.72. The first-order chi connectivity index (χ1) is 15.9. The van der Waals surface area contributed by atoms with Crippen LogP contribution in [-0.2, 0) is 14.8 Å². The Kier molecular flexibility index (Phi) is 6.75. The number of fused-ring (bicyclic) bond motifs is 1. The van der Waals surface area contributed by atoms with Crippen LogP contribution in [0.15, 0.2) is 47.4 Å². The topological polar surface area (TPSA) is 94.6 Å². The summed E-state index contributed by atoms with van der Waals surface area (Å²) in [6.45, 7) is 1.82. The molecule has 0 bridgehead atoms. The zero-order chi connectivity index (χ0) is 23.4. The third-order valence-electron chi connectivity index (χ3n) is 5.54. The molecule has 1 saturated heterocycles. The summed E-state index contributed by atoms with van der Waals surface area (Å²) in [7, 11) is -0.579. The molecule has 33 heavy (non-hydrogen) atoms. The predicted molar refractivity (Wildman–Crippen MR) is 121 cm³/mol. The maximum Gasteiger partial charge on any atom is 0.246 e. The molecular formula is C23H26N2O7S. The summed E-state index contributed by atoms with van der Waals surface area (Å²) in [5, 5.41) is 0. The summed E-state index contributed by atoms with van der Waals surface area (Å²) >= 11 is 0. The largest absolute Gasteiger partial charge is 0.497 e. The van der Waals surface area contributed by atoms with Crippen LogP contribution in [0.3, 0.4) is 0 Å². The van der Waals surface area contributed by atoms with E-state index < -0.39 is 10.0 Å². The first kappa shape index (κ1) is 22.9. The van der Waals surface area contributed by atoms with Crippen LogP contribution < -0.4 is 18.9 Å². The summed E-state index contributed by atoms with van der Waals surface area (Å²) in [5.41, 5.74) is 0.713. The number of benzene rings is 2. The molecule has 1 amide bonds. The third kappa shape index (κ3) is 4.91. The van der Waals surface area contributed by atoms with Gasteiger partial charge in [-0.25, -0.2) is 8.42 Å². The number of carbonyl (C=O) groups is 1. The van der Waals surface area contributed by atoms with E-state index in [0.29, 0.717) is 54.9 Å². The highest BCUT2D eigenvalue weighted by molar-refractivity contribution is 7.89. The average Bonchev–Trinajstić information content (AvgIpc) is 2.86. The summed E-state index contributed by atoms with van der Waals surface area (Å²) < 4.78 is 49.1. The van der Waals surface area contributed by atoms with Crippen molar-refractivity contribution >= 4 is 22.0 Å².